The van der Waals surface area contributed by atoms with Crippen molar-refractivity contribution < 1.29 is 9.18 Å². The molecule has 0 aliphatic rings. The predicted molar refractivity (Wildman–Crippen MR) is 56.4 cm³/mol. The monoisotopic (exact) mass is 262 g/mol. The molecule has 0 aliphatic carbocycles. The number of alkyl halides is 1. The minimum absolute atomic E-state index is 0.0738. The molecule has 70 valence electrons. The van der Waals surface area contributed by atoms with Crippen molar-refractivity contribution >= 4 is 34.3 Å². The molecule has 0 spiro atoms. The molecule has 13 heavy (non-hydrogen) atoms. The quantitative estimate of drug-likeness (QED) is 0.493. The maximum atomic E-state index is 12.8. The highest BCUT2D eigenvalue weighted by Gasteiger charge is 2.12. The second-order valence-corrected chi connectivity index (χ2v) is 4.50. The molecule has 1 aromatic rings. The minimum atomic E-state index is -0.415. The van der Waals surface area contributed by atoms with Gasteiger partial charge in [-0.3, -0.25) is 4.79 Å². The normalized spacial score (nSPS) is 12.6. The molecule has 1 unspecified atom stereocenters. The highest BCUT2D eigenvalue weighted by Crippen LogP contribution is 2.17. The van der Waals surface area contributed by atoms with E-state index in [1.165, 1.54) is 18.2 Å². The fourth-order valence-electron chi connectivity index (χ4n) is 0.896. The van der Waals surface area contributed by atoms with E-state index in [1.54, 1.807) is 6.92 Å². The maximum Gasteiger partial charge on any atom is 0.176 e. The predicted octanol–water partition coefficient (Wildman–Crippen LogP) is 3.08. The number of benzene rings is 1. The number of carbonyl (C=O) groups is 1. The van der Waals surface area contributed by atoms with Crippen molar-refractivity contribution in [3.05, 3.63) is 29.6 Å². The average Bonchev–Trinajstić information content (AvgIpc) is 2.08. The first-order valence-corrected chi connectivity index (χ1v) is 5.05. The van der Waals surface area contributed by atoms with E-state index < -0.39 is 5.82 Å². The molecule has 1 atom stereocenters. The number of hydrogen-bond acceptors (Lipinski definition) is 2. The van der Waals surface area contributed by atoms with Crippen LogP contribution >= 0.6 is 28.6 Å². The molecule has 4 heteroatoms. The summed E-state index contributed by atoms with van der Waals surface area (Å²) >= 11 is 7.04. The molecule has 0 aromatic heterocycles. The van der Waals surface area contributed by atoms with Crippen molar-refractivity contribution in [2.45, 2.75) is 16.6 Å². The lowest BCUT2D eigenvalue weighted by atomic mass is 10.1. The minimum Gasteiger partial charge on any atom is -0.293 e. The van der Waals surface area contributed by atoms with Crippen molar-refractivity contribution in [1.29, 1.82) is 0 Å². The van der Waals surface area contributed by atoms with Crippen LogP contribution in [-0.4, -0.2) is 10.6 Å². The Morgan fingerprint density at radius 2 is 2.23 bits per heavy atom. The van der Waals surface area contributed by atoms with Gasteiger partial charge in [0.1, 0.15) is 5.82 Å². The van der Waals surface area contributed by atoms with E-state index in [-0.39, 0.29) is 15.5 Å². The first-order valence-electron chi connectivity index (χ1n) is 3.69. The zero-order valence-corrected chi connectivity index (χ0v) is 9.40. The van der Waals surface area contributed by atoms with Gasteiger partial charge < -0.3 is 0 Å². The van der Waals surface area contributed by atoms with Gasteiger partial charge in [0.05, 0.1) is 4.83 Å². The number of ketones is 1. The van der Waals surface area contributed by atoms with Gasteiger partial charge in [-0.05, 0) is 25.1 Å². The maximum absolute atomic E-state index is 12.8. The Labute approximate surface area is 89.9 Å². The molecular weight excluding hydrogens is 255 g/mol. The van der Waals surface area contributed by atoms with Crippen molar-refractivity contribution in [3.8, 4) is 0 Å². The number of rotatable bonds is 2. The molecule has 1 nitrogen and oxygen atoms in total. The zero-order chi connectivity index (χ0) is 10.0. The lowest BCUT2D eigenvalue weighted by Crippen LogP contribution is -2.09. The lowest BCUT2D eigenvalue weighted by Gasteiger charge is -2.03. The molecular formula is C9H8BrFOS. The molecule has 0 bridgehead atoms. The Bertz CT molecular complexity index is 338. The fraction of sp³-hybridized carbons (Fsp3) is 0.222. The Kier molecular flexibility index (Phi) is 3.50. The molecule has 0 N–H and O–H groups in total. The summed E-state index contributed by atoms with van der Waals surface area (Å²) in [5.41, 5.74) is 0.468. The summed E-state index contributed by atoms with van der Waals surface area (Å²) in [5.74, 6) is -0.489. The number of hydrogen-bond donors (Lipinski definition) is 1. The Morgan fingerprint density at radius 3 is 2.69 bits per heavy atom. The van der Waals surface area contributed by atoms with E-state index in [9.17, 15) is 9.18 Å². The van der Waals surface area contributed by atoms with Crippen molar-refractivity contribution in [2.24, 2.45) is 0 Å². The van der Waals surface area contributed by atoms with E-state index in [1.807, 2.05) is 0 Å². The van der Waals surface area contributed by atoms with Gasteiger partial charge in [0, 0.05) is 10.5 Å². The highest BCUT2D eigenvalue weighted by molar-refractivity contribution is 9.10. The van der Waals surface area contributed by atoms with Gasteiger partial charge in [-0.1, -0.05) is 15.9 Å². The molecule has 0 heterocycles. The number of Topliss-reactive ketones (excluding diaryl/α,β-unsaturated/α-hetero) is 1. The van der Waals surface area contributed by atoms with Gasteiger partial charge in [0.2, 0.25) is 0 Å². The first-order chi connectivity index (χ1) is 6.02. The molecule has 0 aliphatic heterocycles. The van der Waals surface area contributed by atoms with Crippen LogP contribution in [0.4, 0.5) is 4.39 Å². The SMILES string of the molecule is CC(Br)C(=O)c1ccc(F)c(S)c1. The summed E-state index contributed by atoms with van der Waals surface area (Å²) in [4.78, 5) is 11.3. The third-order valence-electron chi connectivity index (χ3n) is 1.59. The van der Waals surface area contributed by atoms with Crippen LogP contribution in [0.2, 0.25) is 0 Å². The van der Waals surface area contributed by atoms with Crippen LogP contribution in [0.25, 0.3) is 0 Å². The second kappa shape index (κ2) is 4.24. The van der Waals surface area contributed by atoms with Crippen LogP contribution in [-0.2, 0) is 0 Å². The van der Waals surface area contributed by atoms with E-state index >= 15 is 0 Å². The van der Waals surface area contributed by atoms with E-state index in [0.717, 1.165) is 0 Å². The van der Waals surface area contributed by atoms with E-state index in [4.69, 9.17) is 0 Å². The van der Waals surface area contributed by atoms with Gasteiger partial charge in [-0.2, -0.15) is 0 Å². The molecule has 0 amide bonds. The van der Waals surface area contributed by atoms with Gasteiger partial charge in [0.15, 0.2) is 5.78 Å². The van der Waals surface area contributed by atoms with Gasteiger partial charge >= 0.3 is 0 Å². The largest absolute Gasteiger partial charge is 0.293 e. The van der Waals surface area contributed by atoms with Gasteiger partial charge in [-0.25, -0.2) is 4.39 Å². The number of thiol groups is 1. The number of carbonyl (C=O) groups excluding carboxylic acids is 1. The molecule has 0 fully saturated rings. The molecule has 1 rings (SSSR count). The van der Waals surface area contributed by atoms with E-state index in [0.29, 0.717) is 5.56 Å². The summed E-state index contributed by atoms with van der Waals surface area (Å²) < 4.78 is 12.8. The second-order valence-electron chi connectivity index (χ2n) is 2.65. The van der Waals surface area contributed by atoms with Crippen LogP contribution in [0.15, 0.2) is 23.1 Å². The van der Waals surface area contributed by atoms with Crippen LogP contribution in [0.5, 0.6) is 0 Å². The summed E-state index contributed by atoms with van der Waals surface area (Å²) in [6.07, 6.45) is 0. The van der Waals surface area contributed by atoms with Crippen molar-refractivity contribution in [3.63, 3.8) is 0 Å². The lowest BCUT2D eigenvalue weighted by molar-refractivity contribution is 0.0995. The van der Waals surface area contributed by atoms with Crippen LogP contribution in [0.1, 0.15) is 17.3 Å². The first kappa shape index (κ1) is 10.7. The third-order valence-corrected chi connectivity index (χ3v) is 2.35. The van der Waals surface area contributed by atoms with Crippen LogP contribution < -0.4 is 0 Å². The van der Waals surface area contributed by atoms with Crippen LogP contribution in [0.3, 0.4) is 0 Å². The third kappa shape index (κ3) is 2.54. The molecule has 0 radical (unpaired) electrons. The van der Waals surface area contributed by atoms with Gasteiger partial charge in [-0.15, -0.1) is 12.6 Å². The van der Waals surface area contributed by atoms with E-state index in [2.05, 4.69) is 28.6 Å². The zero-order valence-electron chi connectivity index (χ0n) is 6.92. The Balaban J connectivity index is 3.04. The highest BCUT2D eigenvalue weighted by atomic mass is 79.9. The Morgan fingerprint density at radius 1 is 1.62 bits per heavy atom. The Hall–Kier alpha value is -0.350. The number of halogens is 2. The summed E-state index contributed by atoms with van der Waals surface area (Å²) in [5, 5.41) is 0. The fourth-order valence-corrected chi connectivity index (χ4v) is 1.37. The smallest absolute Gasteiger partial charge is 0.176 e. The van der Waals surface area contributed by atoms with Crippen molar-refractivity contribution in [1.82, 2.24) is 0 Å². The summed E-state index contributed by atoms with van der Waals surface area (Å²) in [7, 11) is 0. The average molecular weight is 263 g/mol. The topological polar surface area (TPSA) is 17.1 Å². The molecule has 0 saturated heterocycles. The summed E-state index contributed by atoms with van der Waals surface area (Å²) in [6.45, 7) is 1.73. The molecule has 0 saturated carbocycles. The van der Waals surface area contributed by atoms with Crippen LogP contribution in [0, 0.1) is 5.82 Å². The van der Waals surface area contributed by atoms with Gasteiger partial charge in [0.25, 0.3) is 0 Å². The molecule has 1 aromatic carbocycles. The summed E-state index contributed by atoms with van der Waals surface area (Å²) in [6, 6.07) is 4.12. The standard InChI is InChI=1S/C9H8BrFOS/c1-5(10)9(12)6-2-3-7(11)8(13)4-6/h2-5,13H,1H3. The van der Waals surface area contributed by atoms with Crippen molar-refractivity contribution in [2.75, 3.05) is 0 Å².